The van der Waals surface area contributed by atoms with Gasteiger partial charge in [0, 0.05) is 42.0 Å². The Kier molecular flexibility index (Phi) is 6.42. The molecule has 0 N–H and O–H groups in total. The van der Waals surface area contributed by atoms with Crippen molar-refractivity contribution in [3.05, 3.63) is 70.6 Å². The molecule has 1 aliphatic rings. The number of amides is 2. The molecule has 162 valence electrons. The number of hydrogen-bond acceptors (Lipinski definition) is 7. The fourth-order valence-corrected chi connectivity index (χ4v) is 4.91. The summed E-state index contributed by atoms with van der Waals surface area (Å²) in [5, 5.41) is 10.5. The lowest BCUT2D eigenvalue weighted by molar-refractivity contribution is -0.117. The van der Waals surface area contributed by atoms with Gasteiger partial charge in [0.15, 0.2) is 0 Å². The van der Waals surface area contributed by atoms with Gasteiger partial charge in [0.2, 0.25) is 5.91 Å². The Balaban J connectivity index is 1.58. The third kappa shape index (κ3) is 4.31. The quantitative estimate of drug-likeness (QED) is 0.582. The minimum atomic E-state index is -0.415. The van der Waals surface area contributed by atoms with Gasteiger partial charge in [-0.05, 0) is 30.2 Å². The highest BCUT2D eigenvalue weighted by Crippen LogP contribution is 2.42. The molecule has 0 atom stereocenters. The van der Waals surface area contributed by atoms with Crippen LogP contribution in [0.1, 0.15) is 34.9 Å². The number of ether oxygens (including phenoxy) is 1. The third-order valence-corrected chi connectivity index (χ3v) is 6.35. The van der Waals surface area contributed by atoms with E-state index in [-0.39, 0.29) is 18.9 Å². The number of thiophene rings is 1. The molecule has 1 aliphatic heterocycles. The molecule has 0 spiro atoms. The molecular weight excluding hydrogens is 426 g/mol. The van der Waals surface area contributed by atoms with Crippen molar-refractivity contribution in [2.45, 2.75) is 32.9 Å². The van der Waals surface area contributed by atoms with Crippen LogP contribution >= 0.6 is 11.3 Å². The predicted molar refractivity (Wildman–Crippen MR) is 119 cm³/mol. The van der Waals surface area contributed by atoms with Gasteiger partial charge in [-0.1, -0.05) is 13.0 Å². The standard InChI is InChI=1S/C23H21N5O3S/c1-2-21(29)28(17-6-4-9-26-13-17)22-19(11-24)18-7-10-27(14-20(18)32-22)23(30)31-15-16-5-3-8-25-12-16/h3-6,8-9,12-13H,2,7,10,14-15H2,1H3. The van der Waals surface area contributed by atoms with E-state index in [9.17, 15) is 14.9 Å². The number of pyridine rings is 2. The molecular formula is C23H21N5O3S. The van der Waals surface area contributed by atoms with Gasteiger partial charge in [0.25, 0.3) is 0 Å². The van der Waals surface area contributed by atoms with Crippen molar-refractivity contribution < 1.29 is 14.3 Å². The van der Waals surface area contributed by atoms with Gasteiger partial charge in [-0.2, -0.15) is 5.26 Å². The van der Waals surface area contributed by atoms with E-state index in [1.54, 1.807) is 59.7 Å². The molecule has 4 rings (SSSR count). The first-order valence-electron chi connectivity index (χ1n) is 10.2. The van der Waals surface area contributed by atoms with E-state index in [1.165, 1.54) is 11.3 Å². The van der Waals surface area contributed by atoms with E-state index in [0.29, 0.717) is 35.8 Å². The first-order valence-corrected chi connectivity index (χ1v) is 11.0. The van der Waals surface area contributed by atoms with Crippen LogP contribution in [0.4, 0.5) is 15.5 Å². The second-order valence-electron chi connectivity index (χ2n) is 7.18. The maximum atomic E-state index is 12.8. The van der Waals surface area contributed by atoms with E-state index in [1.807, 2.05) is 6.07 Å². The van der Waals surface area contributed by atoms with Crippen molar-refractivity contribution in [3.63, 3.8) is 0 Å². The Morgan fingerprint density at radius 1 is 1.25 bits per heavy atom. The van der Waals surface area contributed by atoms with Crippen LogP contribution in [0, 0.1) is 11.3 Å². The Morgan fingerprint density at radius 2 is 2.03 bits per heavy atom. The average molecular weight is 448 g/mol. The highest BCUT2D eigenvalue weighted by molar-refractivity contribution is 7.16. The van der Waals surface area contributed by atoms with Crippen LogP contribution in [-0.2, 0) is 29.1 Å². The van der Waals surface area contributed by atoms with Crippen LogP contribution in [0.2, 0.25) is 0 Å². The van der Waals surface area contributed by atoms with E-state index in [2.05, 4.69) is 16.0 Å². The number of rotatable bonds is 5. The van der Waals surface area contributed by atoms with Gasteiger partial charge >= 0.3 is 6.09 Å². The van der Waals surface area contributed by atoms with Crippen molar-refractivity contribution >= 4 is 34.0 Å². The molecule has 0 radical (unpaired) electrons. The summed E-state index contributed by atoms with van der Waals surface area (Å²) >= 11 is 1.36. The molecule has 4 heterocycles. The summed E-state index contributed by atoms with van der Waals surface area (Å²) < 4.78 is 5.43. The number of carbonyl (C=O) groups is 2. The zero-order valence-electron chi connectivity index (χ0n) is 17.5. The summed E-state index contributed by atoms with van der Waals surface area (Å²) in [6.07, 6.45) is 6.96. The number of aromatic nitrogens is 2. The Labute approximate surface area is 189 Å². The summed E-state index contributed by atoms with van der Waals surface area (Å²) in [5.74, 6) is -0.124. The Bertz CT molecular complexity index is 1160. The van der Waals surface area contributed by atoms with Gasteiger partial charge in [-0.3, -0.25) is 19.7 Å². The zero-order valence-corrected chi connectivity index (χ0v) is 18.3. The predicted octanol–water partition coefficient (Wildman–Crippen LogP) is 4.18. The number of carbonyl (C=O) groups excluding carboxylic acids is 2. The summed E-state index contributed by atoms with van der Waals surface area (Å²) in [5.41, 5.74) is 2.80. The molecule has 3 aromatic rings. The SMILES string of the molecule is CCC(=O)N(c1cccnc1)c1sc2c(c1C#N)CCN(C(=O)OCc1cccnc1)C2. The van der Waals surface area contributed by atoms with Crippen molar-refractivity contribution in [2.75, 3.05) is 11.4 Å². The van der Waals surface area contributed by atoms with Crippen LogP contribution in [0.3, 0.4) is 0 Å². The molecule has 0 bridgehead atoms. The minimum absolute atomic E-state index is 0.124. The number of fused-ring (bicyclic) bond motifs is 1. The van der Waals surface area contributed by atoms with Crippen LogP contribution in [0.5, 0.6) is 0 Å². The maximum Gasteiger partial charge on any atom is 0.410 e. The monoisotopic (exact) mass is 447 g/mol. The molecule has 2 amide bonds. The molecule has 0 saturated heterocycles. The van der Waals surface area contributed by atoms with Crippen molar-refractivity contribution in [3.8, 4) is 6.07 Å². The second-order valence-corrected chi connectivity index (χ2v) is 8.26. The van der Waals surface area contributed by atoms with Crippen molar-refractivity contribution in [2.24, 2.45) is 0 Å². The number of nitriles is 1. The summed E-state index contributed by atoms with van der Waals surface area (Å²) in [6, 6.07) is 9.46. The zero-order chi connectivity index (χ0) is 22.5. The lowest BCUT2D eigenvalue weighted by Gasteiger charge is -2.26. The fourth-order valence-electron chi connectivity index (χ4n) is 3.56. The van der Waals surface area contributed by atoms with Crippen LogP contribution < -0.4 is 4.90 Å². The van der Waals surface area contributed by atoms with Crippen molar-refractivity contribution in [1.29, 1.82) is 5.26 Å². The van der Waals surface area contributed by atoms with Crippen LogP contribution in [0.15, 0.2) is 49.1 Å². The minimum Gasteiger partial charge on any atom is -0.444 e. The average Bonchev–Trinajstić information content (AvgIpc) is 3.21. The maximum absolute atomic E-state index is 12.8. The normalized spacial score (nSPS) is 12.6. The lowest BCUT2D eigenvalue weighted by Crippen LogP contribution is -2.35. The Morgan fingerprint density at radius 3 is 2.69 bits per heavy atom. The van der Waals surface area contributed by atoms with Crippen LogP contribution in [0.25, 0.3) is 0 Å². The van der Waals surface area contributed by atoms with Gasteiger partial charge in [-0.15, -0.1) is 11.3 Å². The Hall–Kier alpha value is -3.77. The van der Waals surface area contributed by atoms with Gasteiger partial charge in [0.1, 0.15) is 17.7 Å². The molecule has 9 heteroatoms. The summed E-state index contributed by atoms with van der Waals surface area (Å²) in [4.78, 5) is 37.6. The first-order chi connectivity index (χ1) is 15.6. The molecule has 0 fully saturated rings. The smallest absolute Gasteiger partial charge is 0.410 e. The lowest BCUT2D eigenvalue weighted by atomic mass is 10.0. The van der Waals surface area contributed by atoms with Crippen molar-refractivity contribution in [1.82, 2.24) is 14.9 Å². The topological polar surface area (TPSA) is 99.4 Å². The molecule has 0 saturated carbocycles. The summed E-state index contributed by atoms with van der Waals surface area (Å²) in [7, 11) is 0. The van der Waals surface area contributed by atoms with Gasteiger partial charge in [-0.25, -0.2) is 4.79 Å². The molecule has 3 aromatic heterocycles. The summed E-state index contributed by atoms with van der Waals surface area (Å²) in [6.45, 7) is 2.71. The highest BCUT2D eigenvalue weighted by atomic mass is 32.1. The largest absolute Gasteiger partial charge is 0.444 e. The first kappa shape index (κ1) is 21.5. The van der Waals surface area contributed by atoms with Gasteiger partial charge < -0.3 is 9.64 Å². The van der Waals surface area contributed by atoms with E-state index in [0.717, 1.165) is 16.0 Å². The highest BCUT2D eigenvalue weighted by Gasteiger charge is 2.31. The van der Waals surface area contributed by atoms with E-state index >= 15 is 0 Å². The second kappa shape index (κ2) is 9.58. The number of nitrogens with zero attached hydrogens (tertiary/aromatic N) is 5. The molecule has 32 heavy (non-hydrogen) atoms. The molecule has 0 aromatic carbocycles. The number of anilines is 2. The van der Waals surface area contributed by atoms with Gasteiger partial charge in [0.05, 0.1) is 24.0 Å². The van der Waals surface area contributed by atoms with Crippen LogP contribution in [-0.4, -0.2) is 33.4 Å². The molecule has 0 aliphatic carbocycles. The van der Waals surface area contributed by atoms with E-state index in [4.69, 9.17) is 4.74 Å². The fraction of sp³-hybridized carbons (Fsp3) is 0.261. The third-order valence-electron chi connectivity index (χ3n) is 5.15. The van der Waals surface area contributed by atoms with E-state index < -0.39 is 6.09 Å². The number of hydrogen-bond donors (Lipinski definition) is 0. The molecule has 0 unspecified atom stereocenters. The molecule has 8 nitrogen and oxygen atoms in total.